The van der Waals surface area contributed by atoms with Gasteiger partial charge in [-0.05, 0) is 41.5 Å². The average molecular weight is 390 g/mol. The van der Waals surface area contributed by atoms with Gasteiger partial charge < -0.3 is 9.64 Å². The summed E-state index contributed by atoms with van der Waals surface area (Å²) >= 11 is 5.96. The van der Waals surface area contributed by atoms with E-state index in [4.69, 9.17) is 16.3 Å². The van der Waals surface area contributed by atoms with E-state index in [2.05, 4.69) is 12.1 Å². The molecule has 0 saturated heterocycles. The van der Waals surface area contributed by atoms with Gasteiger partial charge in [0.05, 0.1) is 5.56 Å². The van der Waals surface area contributed by atoms with Gasteiger partial charge in [0.1, 0.15) is 11.5 Å². The number of allylic oxidation sites excluding steroid dienone is 1. The molecule has 0 spiro atoms. The molecule has 0 saturated carbocycles. The van der Waals surface area contributed by atoms with Crippen LogP contribution in [-0.2, 0) is 0 Å². The topological polar surface area (TPSA) is 29.5 Å². The van der Waals surface area contributed by atoms with Crippen LogP contribution in [0.1, 0.15) is 27.4 Å². The van der Waals surface area contributed by atoms with Crippen molar-refractivity contribution in [3.05, 3.63) is 106 Å². The number of ketones is 1. The van der Waals surface area contributed by atoms with Gasteiger partial charge >= 0.3 is 0 Å². The summed E-state index contributed by atoms with van der Waals surface area (Å²) in [5.74, 6) is 1.10. The van der Waals surface area contributed by atoms with E-state index in [0.29, 0.717) is 22.1 Å². The Labute approximate surface area is 169 Å². The molecule has 3 aromatic rings. The first-order valence-electron chi connectivity index (χ1n) is 9.08. The third-order valence-electron chi connectivity index (χ3n) is 4.74. The van der Waals surface area contributed by atoms with Gasteiger partial charge in [-0.1, -0.05) is 54.1 Å². The van der Waals surface area contributed by atoms with Crippen LogP contribution in [0.3, 0.4) is 0 Å². The molecule has 0 fully saturated rings. The molecule has 28 heavy (non-hydrogen) atoms. The highest BCUT2D eigenvalue weighted by molar-refractivity contribution is 6.30. The number of carbonyl (C=O) groups is 1. The zero-order valence-electron chi connectivity index (χ0n) is 15.7. The van der Waals surface area contributed by atoms with Crippen molar-refractivity contribution in [1.29, 1.82) is 0 Å². The monoisotopic (exact) mass is 389 g/mol. The van der Waals surface area contributed by atoms with Gasteiger partial charge in [0.2, 0.25) is 0 Å². The molecule has 1 aliphatic rings. The zero-order chi connectivity index (χ0) is 19.7. The van der Waals surface area contributed by atoms with E-state index in [1.54, 1.807) is 24.3 Å². The highest BCUT2D eigenvalue weighted by atomic mass is 35.5. The summed E-state index contributed by atoms with van der Waals surface area (Å²) in [5, 5.41) is 0.641. The molecular formula is C24H20ClNO2. The number of benzene rings is 3. The maximum atomic E-state index is 13.4. The van der Waals surface area contributed by atoms with Gasteiger partial charge in [0.25, 0.3) is 0 Å². The van der Waals surface area contributed by atoms with Crippen molar-refractivity contribution in [2.24, 2.45) is 0 Å². The third kappa shape index (κ3) is 3.41. The number of rotatable bonds is 4. The van der Waals surface area contributed by atoms with Crippen molar-refractivity contribution in [3.8, 4) is 11.5 Å². The van der Waals surface area contributed by atoms with Crippen LogP contribution in [0.4, 0.5) is 0 Å². The minimum Gasteiger partial charge on any atom is -0.457 e. The van der Waals surface area contributed by atoms with Gasteiger partial charge in [0.15, 0.2) is 5.78 Å². The number of fused-ring (bicyclic) bond motifs is 1. The van der Waals surface area contributed by atoms with Gasteiger partial charge in [-0.3, -0.25) is 4.79 Å². The van der Waals surface area contributed by atoms with Crippen LogP contribution < -0.4 is 4.74 Å². The smallest absolute Gasteiger partial charge is 0.195 e. The van der Waals surface area contributed by atoms with E-state index in [1.807, 2.05) is 61.6 Å². The molecule has 0 bridgehead atoms. The van der Waals surface area contributed by atoms with E-state index in [0.717, 1.165) is 16.7 Å². The Balaban J connectivity index is 1.83. The number of hydrogen-bond acceptors (Lipinski definition) is 3. The highest BCUT2D eigenvalue weighted by Crippen LogP contribution is 2.46. The van der Waals surface area contributed by atoms with E-state index in [1.165, 1.54) is 0 Å². The Hall–Kier alpha value is -3.04. The SMILES string of the molecule is CN(C)C=C1C(=O)c2c(Oc3ccc(Cl)cc3)cccc2C1c1ccccc1. The Morgan fingerprint density at radius 1 is 0.929 bits per heavy atom. The number of hydrogen-bond donors (Lipinski definition) is 0. The lowest BCUT2D eigenvalue weighted by atomic mass is 9.90. The quantitative estimate of drug-likeness (QED) is 0.520. The van der Waals surface area contributed by atoms with E-state index in [9.17, 15) is 4.79 Å². The van der Waals surface area contributed by atoms with E-state index < -0.39 is 0 Å². The van der Waals surface area contributed by atoms with Crippen molar-refractivity contribution in [3.63, 3.8) is 0 Å². The summed E-state index contributed by atoms with van der Waals surface area (Å²) in [7, 11) is 3.85. The minimum atomic E-state index is -0.111. The predicted octanol–water partition coefficient (Wildman–Crippen LogP) is 5.91. The van der Waals surface area contributed by atoms with Gasteiger partial charge in [0, 0.05) is 36.8 Å². The summed E-state index contributed by atoms with van der Waals surface area (Å²) in [6.07, 6.45) is 1.91. The van der Waals surface area contributed by atoms with Crippen molar-refractivity contribution in [2.75, 3.05) is 14.1 Å². The summed E-state index contributed by atoms with van der Waals surface area (Å²) in [6, 6.07) is 23.0. The normalized spacial score (nSPS) is 16.9. The van der Waals surface area contributed by atoms with Gasteiger partial charge in [-0.2, -0.15) is 0 Å². The molecule has 0 heterocycles. The maximum absolute atomic E-state index is 13.4. The Morgan fingerprint density at radius 3 is 2.32 bits per heavy atom. The minimum absolute atomic E-state index is 0.00196. The van der Waals surface area contributed by atoms with Crippen molar-refractivity contribution < 1.29 is 9.53 Å². The lowest BCUT2D eigenvalue weighted by molar-refractivity contribution is 0.103. The molecule has 0 N–H and O–H groups in total. The summed E-state index contributed by atoms with van der Waals surface area (Å²) in [5.41, 5.74) is 3.43. The molecule has 4 heteroatoms. The fourth-order valence-electron chi connectivity index (χ4n) is 3.61. The Morgan fingerprint density at radius 2 is 1.64 bits per heavy atom. The standard InChI is InChI=1S/C24H20ClNO2/c1-26(2)15-20-22(16-7-4-3-5-8-16)19-9-6-10-21(23(19)24(20)27)28-18-13-11-17(25)12-14-18/h3-15,22H,1-2H3. The van der Waals surface area contributed by atoms with Crippen LogP contribution in [0.2, 0.25) is 5.02 Å². The maximum Gasteiger partial charge on any atom is 0.195 e. The van der Waals surface area contributed by atoms with Crippen LogP contribution in [0.15, 0.2) is 84.6 Å². The van der Waals surface area contributed by atoms with Crippen LogP contribution in [0, 0.1) is 0 Å². The average Bonchev–Trinajstić information content (AvgIpc) is 2.96. The molecule has 1 atom stereocenters. The van der Waals surface area contributed by atoms with Crippen molar-refractivity contribution in [1.82, 2.24) is 4.90 Å². The first kappa shape index (κ1) is 18.3. The lowest BCUT2D eigenvalue weighted by Gasteiger charge is -2.16. The van der Waals surface area contributed by atoms with Crippen LogP contribution in [0.25, 0.3) is 0 Å². The van der Waals surface area contributed by atoms with Gasteiger partial charge in [-0.15, -0.1) is 0 Å². The molecule has 0 aromatic heterocycles. The number of carbonyl (C=O) groups excluding carboxylic acids is 1. The van der Waals surface area contributed by atoms with E-state index in [-0.39, 0.29) is 11.7 Å². The third-order valence-corrected chi connectivity index (χ3v) is 4.99. The fraction of sp³-hybridized carbons (Fsp3) is 0.125. The number of halogens is 1. The largest absolute Gasteiger partial charge is 0.457 e. The number of nitrogens with zero attached hydrogens (tertiary/aromatic N) is 1. The number of Topliss-reactive ketones (excluding diaryl/α,β-unsaturated/α-hetero) is 1. The molecule has 3 aromatic carbocycles. The second-order valence-electron chi connectivity index (χ2n) is 7.00. The molecule has 0 amide bonds. The molecule has 4 rings (SSSR count). The van der Waals surface area contributed by atoms with Crippen LogP contribution in [0.5, 0.6) is 11.5 Å². The second kappa shape index (κ2) is 7.53. The molecule has 1 unspecified atom stereocenters. The Bertz CT molecular complexity index is 1040. The molecule has 0 aliphatic heterocycles. The molecular weight excluding hydrogens is 370 g/mol. The van der Waals surface area contributed by atoms with Crippen molar-refractivity contribution >= 4 is 17.4 Å². The first-order valence-corrected chi connectivity index (χ1v) is 9.46. The Kier molecular flexibility index (Phi) is 4.93. The second-order valence-corrected chi connectivity index (χ2v) is 7.43. The molecule has 3 nitrogen and oxygen atoms in total. The summed E-state index contributed by atoms with van der Waals surface area (Å²) in [6.45, 7) is 0. The van der Waals surface area contributed by atoms with Gasteiger partial charge in [-0.25, -0.2) is 0 Å². The van der Waals surface area contributed by atoms with Crippen LogP contribution in [-0.4, -0.2) is 24.8 Å². The van der Waals surface area contributed by atoms with Crippen LogP contribution >= 0.6 is 11.6 Å². The lowest BCUT2D eigenvalue weighted by Crippen LogP contribution is -2.09. The fourth-order valence-corrected chi connectivity index (χ4v) is 3.73. The van der Waals surface area contributed by atoms with E-state index >= 15 is 0 Å². The first-order chi connectivity index (χ1) is 13.5. The predicted molar refractivity (Wildman–Crippen MR) is 112 cm³/mol. The zero-order valence-corrected chi connectivity index (χ0v) is 16.5. The molecule has 140 valence electrons. The molecule has 0 radical (unpaired) electrons. The highest BCUT2D eigenvalue weighted by Gasteiger charge is 2.38. The number of ether oxygens (including phenoxy) is 1. The summed E-state index contributed by atoms with van der Waals surface area (Å²) in [4.78, 5) is 15.3. The van der Waals surface area contributed by atoms with Crippen molar-refractivity contribution in [2.45, 2.75) is 5.92 Å². The summed E-state index contributed by atoms with van der Waals surface area (Å²) < 4.78 is 6.06. The molecule has 1 aliphatic carbocycles.